The molecule has 7 aromatic rings. The summed E-state index contributed by atoms with van der Waals surface area (Å²) in [6, 6.07) is 51.8. The maximum Gasteiger partial charge on any atom is 0.0159 e. The summed E-state index contributed by atoms with van der Waals surface area (Å²) in [4.78, 5) is 0. The molecule has 0 amide bonds. The van der Waals surface area contributed by atoms with E-state index in [1.165, 1.54) is 88.3 Å². The molecule has 0 aromatic heterocycles. The summed E-state index contributed by atoms with van der Waals surface area (Å²) in [5, 5.41) is 5.07. The van der Waals surface area contributed by atoms with Gasteiger partial charge >= 0.3 is 0 Å². The average Bonchev–Trinajstić information content (AvgIpc) is 3.63. The third kappa shape index (κ3) is 4.44. The highest BCUT2D eigenvalue weighted by Crippen LogP contribution is 2.49. The minimum Gasteiger partial charge on any atom is -0.0619 e. The van der Waals surface area contributed by atoms with Gasteiger partial charge in [-0.15, -0.1) is 0 Å². The molecule has 0 aliphatic heterocycles. The van der Waals surface area contributed by atoms with E-state index in [-0.39, 0.29) is 5.41 Å². The second kappa shape index (κ2) is 10.3. The highest BCUT2D eigenvalue weighted by atomic mass is 14.4. The van der Waals surface area contributed by atoms with E-state index in [1.54, 1.807) is 0 Å². The normalized spacial score (nSPS) is 14.4. The van der Waals surface area contributed by atoms with Crippen molar-refractivity contribution in [2.45, 2.75) is 25.7 Å². The van der Waals surface area contributed by atoms with Gasteiger partial charge in [-0.25, -0.2) is 0 Å². The van der Waals surface area contributed by atoms with Gasteiger partial charge in [-0.2, -0.15) is 0 Å². The van der Waals surface area contributed by atoms with Crippen LogP contribution in [0.5, 0.6) is 0 Å². The van der Waals surface area contributed by atoms with E-state index < -0.39 is 0 Å². The molecule has 0 unspecified atom stereocenters. The Hall–Kier alpha value is -5.46. The van der Waals surface area contributed by atoms with Gasteiger partial charge in [0.2, 0.25) is 0 Å². The number of allylic oxidation sites excluding steroid dienone is 1. The quantitative estimate of drug-likeness (QED) is 0.180. The van der Waals surface area contributed by atoms with Gasteiger partial charge in [0, 0.05) is 5.41 Å². The molecular weight excluding hydrogens is 553 g/mol. The molecule has 0 fully saturated rings. The molecule has 0 heterocycles. The Morgan fingerprint density at radius 3 is 1.80 bits per heavy atom. The van der Waals surface area contributed by atoms with Crippen LogP contribution in [0.3, 0.4) is 0 Å². The van der Waals surface area contributed by atoms with Crippen molar-refractivity contribution in [1.82, 2.24) is 0 Å². The Morgan fingerprint density at radius 2 is 1.04 bits per heavy atom. The molecule has 0 radical (unpaired) electrons. The zero-order valence-electron chi connectivity index (χ0n) is 26.2. The third-order valence-electron chi connectivity index (χ3n) is 10.3. The number of hydrogen-bond donors (Lipinski definition) is 0. The lowest BCUT2D eigenvalue weighted by Crippen LogP contribution is -2.14. The molecule has 7 aromatic carbocycles. The zero-order chi connectivity index (χ0) is 30.8. The minimum atomic E-state index is 0.00846. The standard InChI is InChI=1S/C46H34/c1-46(2)44-10-6-5-9-42(44)43-22-21-40(29-45(43)46)38-19-17-34-23-30(13-15-36(34)25-38)11-12-31-14-16-37-26-39(20-18-35(37)24-31)41-27-32-7-3-4-8-33(32)28-41/h3-27,29H,28H2,1-2H3. The first-order valence-corrected chi connectivity index (χ1v) is 16.3. The molecule has 2 aliphatic rings. The molecular formula is C46H34. The van der Waals surface area contributed by atoms with Gasteiger partial charge in [0.15, 0.2) is 0 Å². The first-order valence-electron chi connectivity index (χ1n) is 16.3. The van der Waals surface area contributed by atoms with Crippen molar-refractivity contribution < 1.29 is 0 Å². The number of fused-ring (bicyclic) bond motifs is 6. The molecule has 0 saturated carbocycles. The molecule has 0 N–H and O–H groups in total. The molecule has 0 spiro atoms. The Morgan fingerprint density at radius 1 is 0.478 bits per heavy atom. The van der Waals surface area contributed by atoms with Crippen molar-refractivity contribution in [3.8, 4) is 22.3 Å². The first kappa shape index (κ1) is 26.9. The van der Waals surface area contributed by atoms with Crippen LogP contribution in [0.25, 0.3) is 67.6 Å². The first-order chi connectivity index (χ1) is 22.5. The van der Waals surface area contributed by atoms with Crippen LogP contribution < -0.4 is 0 Å². The van der Waals surface area contributed by atoms with E-state index in [0.717, 1.165) is 6.42 Å². The molecule has 0 bridgehead atoms. The summed E-state index contributed by atoms with van der Waals surface area (Å²) in [5.74, 6) is 0. The molecule has 0 heteroatoms. The van der Waals surface area contributed by atoms with E-state index in [2.05, 4.69) is 172 Å². The van der Waals surface area contributed by atoms with E-state index in [9.17, 15) is 0 Å². The van der Waals surface area contributed by atoms with Crippen LogP contribution in [-0.4, -0.2) is 0 Å². The monoisotopic (exact) mass is 586 g/mol. The maximum atomic E-state index is 2.41. The molecule has 218 valence electrons. The van der Waals surface area contributed by atoms with Crippen LogP contribution in [0.4, 0.5) is 0 Å². The topological polar surface area (TPSA) is 0 Å². The molecule has 0 nitrogen and oxygen atoms in total. The average molecular weight is 587 g/mol. The van der Waals surface area contributed by atoms with Crippen LogP contribution in [0.1, 0.15) is 52.8 Å². The van der Waals surface area contributed by atoms with Gasteiger partial charge in [-0.05, 0) is 125 Å². The molecule has 2 aliphatic carbocycles. The Kier molecular flexibility index (Phi) is 6.02. The lowest BCUT2D eigenvalue weighted by molar-refractivity contribution is 0.660. The summed E-state index contributed by atoms with van der Waals surface area (Å²) in [6.07, 6.45) is 7.80. The van der Waals surface area contributed by atoms with Gasteiger partial charge in [0.05, 0.1) is 0 Å². The third-order valence-corrected chi connectivity index (χ3v) is 10.3. The number of hydrogen-bond acceptors (Lipinski definition) is 0. The summed E-state index contributed by atoms with van der Waals surface area (Å²) in [5.41, 5.74) is 16.0. The van der Waals surface area contributed by atoms with Crippen LogP contribution in [-0.2, 0) is 11.8 Å². The van der Waals surface area contributed by atoms with E-state index in [1.807, 2.05) is 0 Å². The van der Waals surface area contributed by atoms with E-state index in [4.69, 9.17) is 0 Å². The Balaban J connectivity index is 0.953. The molecule has 0 atom stereocenters. The highest BCUT2D eigenvalue weighted by Gasteiger charge is 2.35. The maximum absolute atomic E-state index is 2.41. The summed E-state index contributed by atoms with van der Waals surface area (Å²) < 4.78 is 0. The van der Waals surface area contributed by atoms with Crippen molar-refractivity contribution in [2.75, 3.05) is 0 Å². The van der Waals surface area contributed by atoms with Gasteiger partial charge in [-0.3, -0.25) is 0 Å². The van der Waals surface area contributed by atoms with Crippen molar-refractivity contribution >= 4 is 45.3 Å². The van der Waals surface area contributed by atoms with Crippen LogP contribution in [0.15, 0.2) is 140 Å². The van der Waals surface area contributed by atoms with Crippen molar-refractivity contribution in [1.29, 1.82) is 0 Å². The molecule has 9 rings (SSSR count). The van der Waals surface area contributed by atoms with Crippen LogP contribution in [0.2, 0.25) is 0 Å². The van der Waals surface area contributed by atoms with Crippen LogP contribution >= 0.6 is 0 Å². The van der Waals surface area contributed by atoms with Crippen molar-refractivity contribution in [3.05, 3.63) is 178 Å². The smallest absolute Gasteiger partial charge is 0.0159 e. The SMILES string of the molecule is CC1(C)c2ccccc2-c2ccc(-c3ccc4cc(C=Cc5ccc6cc(C7=Cc8ccccc8C7)ccc6c5)ccc4c3)cc21. The Bertz CT molecular complexity index is 2410. The van der Waals surface area contributed by atoms with E-state index >= 15 is 0 Å². The molecule has 0 saturated heterocycles. The van der Waals surface area contributed by atoms with Gasteiger partial charge in [0.25, 0.3) is 0 Å². The fourth-order valence-electron chi connectivity index (χ4n) is 7.66. The second-order valence-corrected chi connectivity index (χ2v) is 13.5. The van der Waals surface area contributed by atoms with Gasteiger partial charge in [-0.1, -0.05) is 141 Å². The second-order valence-electron chi connectivity index (χ2n) is 13.5. The number of benzene rings is 7. The van der Waals surface area contributed by atoms with Gasteiger partial charge < -0.3 is 0 Å². The summed E-state index contributed by atoms with van der Waals surface area (Å²) in [7, 11) is 0. The lowest BCUT2D eigenvalue weighted by atomic mass is 9.81. The van der Waals surface area contributed by atoms with Crippen molar-refractivity contribution in [3.63, 3.8) is 0 Å². The van der Waals surface area contributed by atoms with Crippen molar-refractivity contribution in [2.24, 2.45) is 0 Å². The Labute approximate surface area is 271 Å². The largest absolute Gasteiger partial charge is 0.0619 e. The lowest BCUT2D eigenvalue weighted by Gasteiger charge is -2.22. The number of rotatable bonds is 4. The van der Waals surface area contributed by atoms with Crippen LogP contribution in [0, 0.1) is 0 Å². The highest BCUT2D eigenvalue weighted by molar-refractivity contribution is 5.95. The zero-order valence-corrected chi connectivity index (χ0v) is 26.2. The predicted octanol–water partition coefficient (Wildman–Crippen LogP) is 12.2. The van der Waals surface area contributed by atoms with Gasteiger partial charge in [0.1, 0.15) is 0 Å². The summed E-state index contributed by atoms with van der Waals surface area (Å²) >= 11 is 0. The summed E-state index contributed by atoms with van der Waals surface area (Å²) in [6.45, 7) is 4.69. The predicted molar refractivity (Wildman–Crippen MR) is 198 cm³/mol. The molecule has 46 heavy (non-hydrogen) atoms. The van der Waals surface area contributed by atoms with E-state index in [0.29, 0.717) is 0 Å². The fraction of sp³-hybridized carbons (Fsp3) is 0.0870. The minimum absolute atomic E-state index is 0.00846. The fourth-order valence-corrected chi connectivity index (χ4v) is 7.66.